The van der Waals surface area contributed by atoms with Crippen LogP contribution in [0.3, 0.4) is 0 Å². The third-order valence-electron chi connectivity index (χ3n) is 3.49. The molecule has 0 fully saturated rings. The van der Waals surface area contributed by atoms with Crippen LogP contribution in [0.4, 0.5) is 0 Å². The Bertz CT molecular complexity index is 885. The van der Waals surface area contributed by atoms with Gasteiger partial charge in [-0.1, -0.05) is 0 Å². The van der Waals surface area contributed by atoms with Gasteiger partial charge in [-0.25, -0.2) is 0 Å². The molecule has 0 amide bonds. The van der Waals surface area contributed by atoms with E-state index < -0.39 is 23.8 Å². The van der Waals surface area contributed by atoms with Crippen LogP contribution in [0.5, 0.6) is 11.5 Å². The van der Waals surface area contributed by atoms with E-state index >= 15 is 0 Å². The summed E-state index contributed by atoms with van der Waals surface area (Å²) in [5, 5.41) is 2.14. The molecule has 0 aliphatic heterocycles. The summed E-state index contributed by atoms with van der Waals surface area (Å²) in [5.41, 5.74) is 1.75. The minimum absolute atomic E-state index is 0.791. The number of hydrogen-bond donors (Lipinski definition) is 0. The molecule has 2 heterocycles. The number of aromatic nitrogens is 2. The SMILES string of the molecule is c1cnc2c([O][Hf][O]c3cccc4cccnc34)cccc2c1. The van der Waals surface area contributed by atoms with Crippen molar-refractivity contribution < 1.29 is 29.5 Å². The van der Waals surface area contributed by atoms with Gasteiger partial charge in [0.25, 0.3) is 0 Å². The van der Waals surface area contributed by atoms with E-state index in [9.17, 15) is 0 Å². The molecule has 4 aromatic rings. The van der Waals surface area contributed by atoms with Gasteiger partial charge in [0.05, 0.1) is 0 Å². The summed E-state index contributed by atoms with van der Waals surface area (Å²) in [6, 6.07) is 19.8. The van der Waals surface area contributed by atoms with Gasteiger partial charge in [-0.2, -0.15) is 0 Å². The number of nitrogens with zero attached hydrogens (tertiary/aromatic N) is 2. The van der Waals surface area contributed by atoms with Crippen LogP contribution in [-0.4, -0.2) is 9.97 Å². The summed E-state index contributed by atoms with van der Waals surface area (Å²) in [4.78, 5) is 8.79. The fourth-order valence-electron chi connectivity index (χ4n) is 2.43. The van der Waals surface area contributed by atoms with Crippen molar-refractivity contribution in [3.05, 3.63) is 73.1 Å². The van der Waals surface area contributed by atoms with Crippen molar-refractivity contribution in [2.45, 2.75) is 0 Å². The van der Waals surface area contributed by atoms with E-state index in [0.717, 1.165) is 33.3 Å². The Balaban J connectivity index is 1.55. The first-order valence-corrected chi connectivity index (χ1v) is 10.1. The van der Waals surface area contributed by atoms with E-state index in [2.05, 4.69) is 9.97 Å². The van der Waals surface area contributed by atoms with Crippen LogP contribution in [0, 0.1) is 0 Å². The average Bonchev–Trinajstić information content (AvgIpc) is 2.62. The van der Waals surface area contributed by atoms with Crippen molar-refractivity contribution in [3.8, 4) is 11.5 Å². The van der Waals surface area contributed by atoms with E-state index in [1.54, 1.807) is 12.4 Å². The molecule has 0 radical (unpaired) electrons. The Kier molecular flexibility index (Phi) is 4.03. The van der Waals surface area contributed by atoms with Crippen LogP contribution in [-0.2, 0) is 23.8 Å². The summed E-state index contributed by atoms with van der Waals surface area (Å²) in [6.07, 6.45) is 3.55. The third kappa shape index (κ3) is 2.97. The van der Waals surface area contributed by atoms with Crippen molar-refractivity contribution in [2.75, 3.05) is 0 Å². The number of para-hydroxylation sites is 2. The molecule has 0 unspecified atom stereocenters. The Labute approximate surface area is 145 Å². The maximum absolute atomic E-state index is 5.95. The second-order valence-electron chi connectivity index (χ2n) is 4.95. The molecule has 0 bridgehead atoms. The van der Waals surface area contributed by atoms with Gasteiger partial charge in [-0.15, -0.1) is 0 Å². The van der Waals surface area contributed by atoms with Crippen LogP contribution >= 0.6 is 0 Å². The summed E-state index contributed by atoms with van der Waals surface area (Å²) < 4.78 is 11.9. The Hall–Kier alpha value is -2.27. The molecule has 110 valence electrons. The zero-order chi connectivity index (χ0) is 15.5. The number of hydrogen-bond acceptors (Lipinski definition) is 4. The topological polar surface area (TPSA) is 44.2 Å². The average molecular weight is 467 g/mol. The quantitative estimate of drug-likeness (QED) is 0.424. The van der Waals surface area contributed by atoms with E-state index in [-0.39, 0.29) is 0 Å². The van der Waals surface area contributed by atoms with Gasteiger partial charge in [0.2, 0.25) is 0 Å². The molecule has 0 aliphatic carbocycles. The second kappa shape index (κ2) is 6.46. The normalized spacial score (nSPS) is 10.6. The molecule has 4 rings (SSSR count). The third-order valence-corrected chi connectivity index (χ3v) is 5.67. The van der Waals surface area contributed by atoms with Crippen molar-refractivity contribution in [3.63, 3.8) is 0 Å². The molecule has 5 heteroatoms. The van der Waals surface area contributed by atoms with Crippen molar-refractivity contribution in [1.82, 2.24) is 9.97 Å². The minimum atomic E-state index is -1.78. The van der Waals surface area contributed by atoms with Gasteiger partial charge in [-0.05, 0) is 0 Å². The van der Waals surface area contributed by atoms with E-state index in [1.165, 1.54) is 0 Å². The first-order chi connectivity index (χ1) is 11.4. The number of fused-ring (bicyclic) bond motifs is 2. The van der Waals surface area contributed by atoms with E-state index in [0.29, 0.717) is 0 Å². The molecule has 0 aliphatic rings. The van der Waals surface area contributed by atoms with Crippen molar-refractivity contribution in [1.29, 1.82) is 0 Å². The zero-order valence-electron chi connectivity index (χ0n) is 12.1. The van der Waals surface area contributed by atoms with Crippen LogP contribution in [0.1, 0.15) is 0 Å². The summed E-state index contributed by atoms with van der Waals surface area (Å²) in [5.74, 6) is 1.58. The molecule has 23 heavy (non-hydrogen) atoms. The standard InChI is InChI=1S/2C9H7NO.Hf/c2*11-8-5-1-3-7-4-2-6-10-9(7)8;/h2*1-6,11H;/q;;+2/p-2. The molecule has 4 nitrogen and oxygen atoms in total. The zero-order valence-corrected chi connectivity index (χ0v) is 15.7. The van der Waals surface area contributed by atoms with Gasteiger partial charge < -0.3 is 0 Å². The van der Waals surface area contributed by atoms with Gasteiger partial charge in [0, 0.05) is 0 Å². The van der Waals surface area contributed by atoms with Crippen molar-refractivity contribution >= 4 is 21.8 Å². The molecule has 0 atom stereocenters. The Morgan fingerprint density at radius 3 is 1.61 bits per heavy atom. The van der Waals surface area contributed by atoms with Crippen LogP contribution in [0.2, 0.25) is 0 Å². The van der Waals surface area contributed by atoms with E-state index in [1.807, 2.05) is 60.7 Å². The molecule has 0 spiro atoms. The van der Waals surface area contributed by atoms with Gasteiger partial charge in [0.1, 0.15) is 0 Å². The maximum atomic E-state index is 5.95. The first kappa shape index (κ1) is 14.3. The van der Waals surface area contributed by atoms with Crippen LogP contribution in [0.25, 0.3) is 21.8 Å². The summed E-state index contributed by atoms with van der Waals surface area (Å²) in [6.45, 7) is 0. The Morgan fingerprint density at radius 2 is 1.09 bits per heavy atom. The number of pyridine rings is 2. The van der Waals surface area contributed by atoms with E-state index in [4.69, 9.17) is 5.71 Å². The van der Waals surface area contributed by atoms with Gasteiger partial charge in [-0.3, -0.25) is 0 Å². The Morgan fingerprint density at radius 1 is 0.609 bits per heavy atom. The molecule has 2 aromatic carbocycles. The van der Waals surface area contributed by atoms with Gasteiger partial charge >= 0.3 is 146 Å². The van der Waals surface area contributed by atoms with Crippen LogP contribution < -0.4 is 5.71 Å². The first-order valence-electron chi connectivity index (χ1n) is 7.18. The molecule has 0 saturated carbocycles. The molecular formula is C18H12HfN2O2. The fraction of sp³-hybridized carbons (Fsp3) is 0. The van der Waals surface area contributed by atoms with Crippen LogP contribution in [0.15, 0.2) is 73.1 Å². The number of rotatable bonds is 4. The predicted molar refractivity (Wildman–Crippen MR) is 84.7 cm³/mol. The predicted octanol–water partition coefficient (Wildman–Crippen LogP) is 4.15. The molecule has 2 aromatic heterocycles. The molecular weight excluding hydrogens is 455 g/mol. The molecule has 0 N–H and O–H groups in total. The monoisotopic (exact) mass is 468 g/mol. The summed E-state index contributed by atoms with van der Waals surface area (Å²) in [7, 11) is 0. The second-order valence-corrected chi connectivity index (χ2v) is 7.02. The number of benzene rings is 2. The fourth-order valence-corrected chi connectivity index (χ4v) is 4.41. The van der Waals surface area contributed by atoms with Crippen molar-refractivity contribution in [2.24, 2.45) is 0 Å². The summed E-state index contributed by atoms with van der Waals surface area (Å²) >= 11 is -1.78. The molecule has 0 saturated heterocycles. The van der Waals surface area contributed by atoms with Gasteiger partial charge in [0.15, 0.2) is 0 Å².